The molecule has 2 rings (SSSR count). The van der Waals surface area contributed by atoms with Gasteiger partial charge in [0, 0.05) is 3.57 Å². The third kappa shape index (κ3) is 2.59. The molecule has 2 aromatic carbocycles. The fourth-order valence-corrected chi connectivity index (χ4v) is 2.11. The van der Waals surface area contributed by atoms with Crippen molar-refractivity contribution >= 4 is 22.6 Å². The first-order valence-electron chi connectivity index (χ1n) is 4.86. The predicted octanol–water partition coefficient (Wildman–Crippen LogP) is 3.51. The molecule has 0 fully saturated rings. The molecule has 0 aliphatic heterocycles. The molecule has 0 heterocycles. The van der Waals surface area contributed by atoms with E-state index in [1.54, 1.807) is 12.1 Å². The Balaban J connectivity index is 2.35. The van der Waals surface area contributed by atoms with Crippen LogP contribution in [0.5, 0.6) is 0 Å². The maximum atomic E-state index is 13.0. The summed E-state index contributed by atoms with van der Waals surface area (Å²) in [7, 11) is 0. The molecular weight excluding hydrogens is 318 g/mol. The fourth-order valence-electron chi connectivity index (χ4n) is 1.55. The van der Waals surface area contributed by atoms with E-state index >= 15 is 0 Å². The summed E-state index contributed by atoms with van der Waals surface area (Å²) in [5.74, 6) is -0.331. The summed E-state index contributed by atoms with van der Waals surface area (Å²) >= 11 is 2.18. The summed E-state index contributed by atoms with van der Waals surface area (Å²) in [5.41, 5.74) is 1.35. The highest BCUT2D eigenvalue weighted by Crippen LogP contribution is 2.23. The number of aliphatic hydroxyl groups is 1. The van der Waals surface area contributed by atoms with Crippen molar-refractivity contribution in [1.29, 1.82) is 0 Å². The summed E-state index contributed by atoms with van der Waals surface area (Å²) in [6.45, 7) is 0. The Morgan fingerprint density at radius 3 is 2.25 bits per heavy atom. The lowest BCUT2D eigenvalue weighted by atomic mass is 10.0. The lowest BCUT2D eigenvalue weighted by molar-refractivity contribution is 0.219. The molecule has 1 atom stereocenters. The number of aliphatic hydroxyl groups excluding tert-OH is 1. The summed E-state index contributed by atoms with van der Waals surface area (Å²) in [4.78, 5) is 0. The smallest absolute Gasteiger partial charge is 0.123 e. The van der Waals surface area contributed by atoms with Gasteiger partial charge in [-0.2, -0.15) is 0 Å². The fraction of sp³-hybridized carbons (Fsp3) is 0.0769. The number of hydrogen-bond donors (Lipinski definition) is 1. The molecule has 3 heteroatoms. The number of rotatable bonds is 2. The molecule has 2 aromatic rings. The molecule has 16 heavy (non-hydrogen) atoms. The summed E-state index contributed by atoms with van der Waals surface area (Å²) in [5, 5.41) is 10.1. The standard InChI is InChI=1S/C13H10FIO/c14-11-5-1-3-9(7-11)13(16)10-4-2-6-12(15)8-10/h1-8,13,16H. The van der Waals surface area contributed by atoms with Gasteiger partial charge in [0.25, 0.3) is 0 Å². The minimum atomic E-state index is -0.773. The van der Waals surface area contributed by atoms with Gasteiger partial charge in [0.2, 0.25) is 0 Å². The van der Waals surface area contributed by atoms with E-state index < -0.39 is 6.10 Å². The quantitative estimate of drug-likeness (QED) is 0.837. The molecule has 0 radical (unpaired) electrons. The van der Waals surface area contributed by atoms with Crippen LogP contribution in [0.15, 0.2) is 48.5 Å². The van der Waals surface area contributed by atoms with Crippen LogP contribution in [-0.2, 0) is 0 Å². The molecule has 0 saturated carbocycles. The minimum Gasteiger partial charge on any atom is -0.384 e. The Kier molecular flexibility index (Phi) is 3.56. The summed E-state index contributed by atoms with van der Waals surface area (Å²) in [6.07, 6.45) is -0.773. The molecule has 1 N–H and O–H groups in total. The second-order valence-corrected chi connectivity index (χ2v) is 4.76. The van der Waals surface area contributed by atoms with E-state index in [1.807, 2.05) is 24.3 Å². The highest BCUT2D eigenvalue weighted by atomic mass is 127. The van der Waals surface area contributed by atoms with E-state index in [-0.39, 0.29) is 5.82 Å². The molecule has 0 aromatic heterocycles. The monoisotopic (exact) mass is 328 g/mol. The lowest BCUT2D eigenvalue weighted by Gasteiger charge is -2.11. The molecular formula is C13H10FIO. The second kappa shape index (κ2) is 4.93. The van der Waals surface area contributed by atoms with Gasteiger partial charge in [0.1, 0.15) is 11.9 Å². The van der Waals surface area contributed by atoms with Crippen LogP contribution in [0.3, 0.4) is 0 Å². The molecule has 1 nitrogen and oxygen atoms in total. The maximum Gasteiger partial charge on any atom is 0.123 e. The summed E-state index contributed by atoms with van der Waals surface area (Å²) < 4.78 is 14.1. The predicted molar refractivity (Wildman–Crippen MR) is 69.6 cm³/mol. The normalized spacial score (nSPS) is 12.4. The molecule has 0 spiro atoms. The van der Waals surface area contributed by atoms with Gasteiger partial charge in [-0.05, 0) is 58.0 Å². The van der Waals surface area contributed by atoms with Crippen molar-refractivity contribution < 1.29 is 9.50 Å². The summed E-state index contributed by atoms with van der Waals surface area (Å²) in [6, 6.07) is 13.6. The molecule has 82 valence electrons. The van der Waals surface area contributed by atoms with E-state index in [0.29, 0.717) is 5.56 Å². The van der Waals surface area contributed by atoms with Gasteiger partial charge in [-0.15, -0.1) is 0 Å². The third-order valence-corrected chi connectivity index (χ3v) is 3.00. The Bertz CT molecular complexity index is 453. The van der Waals surface area contributed by atoms with Crippen LogP contribution in [0.4, 0.5) is 4.39 Å². The van der Waals surface area contributed by atoms with E-state index in [0.717, 1.165) is 9.13 Å². The van der Waals surface area contributed by atoms with Crippen LogP contribution in [0, 0.1) is 9.39 Å². The van der Waals surface area contributed by atoms with Crippen molar-refractivity contribution in [2.75, 3.05) is 0 Å². The van der Waals surface area contributed by atoms with Crippen LogP contribution >= 0.6 is 22.6 Å². The zero-order valence-corrected chi connectivity index (χ0v) is 10.6. The Hall–Kier alpha value is -0.940. The highest BCUT2D eigenvalue weighted by molar-refractivity contribution is 14.1. The number of halogens is 2. The molecule has 0 bridgehead atoms. The highest BCUT2D eigenvalue weighted by Gasteiger charge is 2.10. The van der Waals surface area contributed by atoms with E-state index in [1.165, 1.54) is 12.1 Å². The van der Waals surface area contributed by atoms with Crippen molar-refractivity contribution in [1.82, 2.24) is 0 Å². The van der Waals surface area contributed by atoms with E-state index in [4.69, 9.17) is 0 Å². The largest absolute Gasteiger partial charge is 0.384 e. The van der Waals surface area contributed by atoms with Crippen LogP contribution in [0.2, 0.25) is 0 Å². The van der Waals surface area contributed by atoms with Gasteiger partial charge in [0.15, 0.2) is 0 Å². The average Bonchev–Trinajstić information content (AvgIpc) is 2.28. The molecule has 0 saturated heterocycles. The first-order chi connectivity index (χ1) is 7.66. The first-order valence-corrected chi connectivity index (χ1v) is 5.93. The second-order valence-electron chi connectivity index (χ2n) is 3.51. The Morgan fingerprint density at radius 1 is 1.00 bits per heavy atom. The SMILES string of the molecule is OC(c1cccc(F)c1)c1cccc(I)c1. The van der Waals surface area contributed by atoms with Gasteiger partial charge >= 0.3 is 0 Å². The molecule has 0 aliphatic carbocycles. The first kappa shape index (κ1) is 11.5. The zero-order valence-electron chi connectivity index (χ0n) is 8.40. The van der Waals surface area contributed by atoms with Gasteiger partial charge in [-0.25, -0.2) is 4.39 Å². The van der Waals surface area contributed by atoms with E-state index in [9.17, 15) is 9.50 Å². The van der Waals surface area contributed by atoms with Crippen molar-refractivity contribution in [3.05, 3.63) is 69.0 Å². The molecule has 0 amide bonds. The van der Waals surface area contributed by atoms with Crippen molar-refractivity contribution in [2.45, 2.75) is 6.10 Å². The van der Waals surface area contributed by atoms with Gasteiger partial charge in [-0.3, -0.25) is 0 Å². The zero-order chi connectivity index (χ0) is 11.5. The average molecular weight is 328 g/mol. The van der Waals surface area contributed by atoms with Gasteiger partial charge < -0.3 is 5.11 Å². The minimum absolute atomic E-state index is 0.331. The topological polar surface area (TPSA) is 20.2 Å². The number of benzene rings is 2. The van der Waals surface area contributed by atoms with Gasteiger partial charge in [0.05, 0.1) is 0 Å². The van der Waals surface area contributed by atoms with Crippen LogP contribution in [0.1, 0.15) is 17.2 Å². The third-order valence-electron chi connectivity index (χ3n) is 2.33. The van der Waals surface area contributed by atoms with Crippen LogP contribution < -0.4 is 0 Å². The van der Waals surface area contributed by atoms with Crippen molar-refractivity contribution in [3.8, 4) is 0 Å². The Morgan fingerprint density at radius 2 is 1.62 bits per heavy atom. The Labute approximate surface area is 107 Å². The van der Waals surface area contributed by atoms with Crippen LogP contribution in [-0.4, -0.2) is 5.11 Å². The maximum absolute atomic E-state index is 13.0. The van der Waals surface area contributed by atoms with Crippen molar-refractivity contribution in [2.24, 2.45) is 0 Å². The lowest BCUT2D eigenvalue weighted by Crippen LogP contribution is -2.00. The van der Waals surface area contributed by atoms with Gasteiger partial charge in [-0.1, -0.05) is 24.3 Å². The molecule has 1 unspecified atom stereocenters. The number of hydrogen-bond acceptors (Lipinski definition) is 1. The molecule has 0 aliphatic rings. The van der Waals surface area contributed by atoms with Crippen molar-refractivity contribution in [3.63, 3.8) is 0 Å². The van der Waals surface area contributed by atoms with E-state index in [2.05, 4.69) is 22.6 Å². The van der Waals surface area contributed by atoms with Crippen LogP contribution in [0.25, 0.3) is 0 Å².